The Morgan fingerprint density at radius 1 is 1.10 bits per heavy atom. The second-order valence-electron chi connectivity index (χ2n) is 9.65. The van der Waals surface area contributed by atoms with Crippen LogP contribution in [0.2, 0.25) is 0 Å². The first-order valence-electron chi connectivity index (χ1n) is 12.4. The molecule has 0 aliphatic heterocycles. The molecule has 0 amide bonds. The van der Waals surface area contributed by atoms with Crippen LogP contribution in [-0.2, 0) is 16.6 Å². The lowest BCUT2D eigenvalue weighted by Crippen LogP contribution is -2.34. The van der Waals surface area contributed by atoms with Crippen molar-refractivity contribution in [1.82, 2.24) is 14.3 Å². The zero-order valence-corrected chi connectivity index (χ0v) is 23.4. The van der Waals surface area contributed by atoms with Crippen LogP contribution in [0.5, 0.6) is 0 Å². The Hall–Kier alpha value is -4.33. The molecular weight excluding hydrogens is 531 g/mol. The van der Waals surface area contributed by atoms with Gasteiger partial charge in [0.15, 0.2) is 11.0 Å². The number of para-hydroxylation sites is 1. The Morgan fingerprint density at radius 3 is 2.42 bits per heavy atom. The van der Waals surface area contributed by atoms with Crippen LogP contribution in [0.25, 0.3) is 10.9 Å². The fourth-order valence-electron chi connectivity index (χ4n) is 4.57. The van der Waals surface area contributed by atoms with Gasteiger partial charge in [-0.3, -0.25) is 9.59 Å². The molecule has 10 heteroatoms. The number of benzene rings is 3. The molecule has 1 aromatic heterocycles. The summed E-state index contributed by atoms with van der Waals surface area (Å²) >= 11 is 0. The van der Waals surface area contributed by atoms with Crippen molar-refractivity contribution in [3.8, 4) is 12.3 Å². The van der Waals surface area contributed by atoms with E-state index in [1.54, 1.807) is 42.2 Å². The number of aromatic amines is 1. The van der Waals surface area contributed by atoms with Gasteiger partial charge < -0.3 is 9.88 Å². The molecule has 0 spiro atoms. The molecule has 0 aliphatic carbocycles. The van der Waals surface area contributed by atoms with E-state index in [0.717, 1.165) is 27.6 Å². The Balaban J connectivity index is 1.82. The predicted octanol–water partition coefficient (Wildman–Crippen LogP) is 4.13. The fourth-order valence-corrected chi connectivity index (χ4v) is 5.89. The SMILES string of the molecule is C#CCN(Cc1cc2c(=O)[nH]c(C)nc2cc1C)c1ccccc1C(=O)C(c1ccc(F)cc1)S(=O)(=O)N(C)C. The third-order valence-corrected chi connectivity index (χ3v) is 8.75. The van der Waals surface area contributed by atoms with Gasteiger partial charge in [0, 0.05) is 31.9 Å². The summed E-state index contributed by atoms with van der Waals surface area (Å²) in [6, 6.07) is 15.0. The van der Waals surface area contributed by atoms with Gasteiger partial charge in [-0.25, -0.2) is 22.1 Å². The topological polar surface area (TPSA) is 103 Å². The summed E-state index contributed by atoms with van der Waals surface area (Å²) in [5.74, 6) is 1.89. The monoisotopic (exact) mass is 560 g/mol. The summed E-state index contributed by atoms with van der Waals surface area (Å²) in [7, 11) is -1.46. The van der Waals surface area contributed by atoms with Gasteiger partial charge in [0.1, 0.15) is 11.6 Å². The lowest BCUT2D eigenvalue weighted by molar-refractivity contribution is 0.0985. The molecule has 0 radical (unpaired) electrons. The molecule has 4 aromatic rings. The maximum Gasteiger partial charge on any atom is 0.258 e. The fraction of sp³-hybridized carbons (Fsp3) is 0.233. The first-order chi connectivity index (χ1) is 18.9. The second-order valence-corrected chi connectivity index (χ2v) is 11.9. The zero-order chi connectivity index (χ0) is 29.2. The van der Waals surface area contributed by atoms with E-state index in [4.69, 9.17) is 6.42 Å². The minimum atomic E-state index is -4.15. The van der Waals surface area contributed by atoms with E-state index in [1.807, 2.05) is 13.0 Å². The highest BCUT2D eigenvalue weighted by atomic mass is 32.2. The molecule has 40 heavy (non-hydrogen) atoms. The highest BCUT2D eigenvalue weighted by molar-refractivity contribution is 7.90. The number of hydrogen-bond acceptors (Lipinski definition) is 6. The van der Waals surface area contributed by atoms with E-state index in [2.05, 4.69) is 15.9 Å². The number of halogens is 1. The molecule has 0 fully saturated rings. The Bertz CT molecular complexity index is 1790. The lowest BCUT2D eigenvalue weighted by Gasteiger charge is -2.28. The Labute approximate surface area is 232 Å². The quantitative estimate of drug-likeness (QED) is 0.244. The summed E-state index contributed by atoms with van der Waals surface area (Å²) in [6.07, 6.45) is 5.71. The summed E-state index contributed by atoms with van der Waals surface area (Å²) in [5.41, 5.74) is 2.68. The largest absolute Gasteiger partial charge is 0.355 e. The summed E-state index contributed by atoms with van der Waals surface area (Å²) in [4.78, 5) is 35.5. The molecule has 0 bridgehead atoms. The van der Waals surface area contributed by atoms with Crippen molar-refractivity contribution in [1.29, 1.82) is 0 Å². The number of nitrogens with one attached hydrogen (secondary N) is 1. The number of fused-ring (bicyclic) bond motifs is 1. The average molecular weight is 561 g/mol. The number of Topliss-reactive ketones (excluding diaryl/α,β-unsaturated/α-hetero) is 1. The van der Waals surface area contributed by atoms with Crippen LogP contribution in [0.4, 0.5) is 10.1 Å². The number of sulfonamides is 1. The molecule has 0 saturated carbocycles. The summed E-state index contributed by atoms with van der Waals surface area (Å²) < 4.78 is 41.4. The number of carbonyl (C=O) groups excluding carboxylic acids is 1. The number of hydrogen-bond donors (Lipinski definition) is 1. The maximum absolute atomic E-state index is 14.1. The van der Waals surface area contributed by atoms with Crippen molar-refractivity contribution < 1.29 is 17.6 Å². The highest BCUT2D eigenvalue weighted by Crippen LogP contribution is 2.33. The molecule has 1 N–H and O–H groups in total. The third kappa shape index (κ3) is 5.66. The number of aryl methyl sites for hydroxylation is 2. The van der Waals surface area contributed by atoms with Crippen molar-refractivity contribution in [3.05, 3.63) is 105 Å². The van der Waals surface area contributed by atoms with E-state index in [1.165, 1.54) is 26.2 Å². The number of rotatable bonds is 9. The number of ketones is 1. The van der Waals surface area contributed by atoms with E-state index in [9.17, 15) is 22.4 Å². The van der Waals surface area contributed by atoms with Crippen LogP contribution in [0, 0.1) is 32.0 Å². The predicted molar refractivity (Wildman–Crippen MR) is 154 cm³/mol. The lowest BCUT2D eigenvalue weighted by atomic mass is 9.99. The van der Waals surface area contributed by atoms with Crippen LogP contribution in [0.1, 0.15) is 38.1 Å². The molecule has 1 unspecified atom stereocenters. The number of aromatic nitrogens is 2. The number of H-pyrrole nitrogens is 1. The van der Waals surface area contributed by atoms with Crippen molar-refractivity contribution in [2.45, 2.75) is 25.6 Å². The first-order valence-corrected chi connectivity index (χ1v) is 13.9. The highest BCUT2D eigenvalue weighted by Gasteiger charge is 2.38. The molecule has 0 saturated heterocycles. The van der Waals surface area contributed by atoms with Gasteiger partial charge in [0.25, 0.3) is 5.56 Å². The second kappa shape index (κ2) is 11.4. The van der Waals surface area contributed by atoms with E-state index < -0.39 is 26.9 Å². The molecule has 3 aromatic carbocycles. The van der Waals surface area contributed by atoms with Crippen molar-refractivity contribution in [2.24, 2.45) is 0 Å². The van der Waals surface area contributed by atoms with Gasteiger partial charge in [-0.1, -0.05) is 30.2 Å². The van der Waals surface area contributed by atoms with Crippen LogP contribution in [-0.4, -0.2) is 49.1 Å². The van der Waals surface area contributed by atoms with E-state index in [0.29, 0.717) is 22.4 Å². The molecule has 206 valence electrons. The number of anilines is 1. The number of carbonyl (C=O) groups is 1. The van der Waals surface area contributed by atoms with Gasteiger partial charge in [-0.2, -0.15) is 0 Å². The van der Waals surface area contributed by atoms with Crippen molar-refractivity contribution in [3.63, 3.8) is 0 Å². The molecule has 1 atom stereocenters. The van der Waals surface area contributed by atoms with Crippen molar-refractivity contribution >= 4 is 32.4 Å². The van der Waals surface area contributed by atoms with Crippen molar-refractivity contribution in [2.75, 3.05) is 25.5 Å². The van der Waals surface area contributed by atoms with Crippen LogP contribution in [0.3, 0.4) is 0 Å². The zero-order valence-electron chi connectivity index (χ0n) is 22.6. The molecule has 4 rings (SSSR count). The summed E-state index contributed by atoms with van der Waals surface area (Å²) in [5, 5.41) is -1.18. The summed E-state index contributed by atoms with van der Waals surface area (Å²) in [6.45, 7) is 3.95. The van der Waals surface area contributed by atoms with Gasteiger partial charge in [0.2, 0.25) is 10.0 Å². The number of terminal acetylenes is 1. The van der Waals surface area contributed by atoms with Crippen LogP contribution >= 0.6 is 0 Å². The van der Waals surface area contributed by atoms with E-state index >= 15 is 0 Å². The Morgan fingerprint density at radius 2 is 1.77 bits per heavy atom. The average Bonchev–Trinajstić information content (AvgIpc) is 2.90. The van der Waals surface area contributed by atoms with Gasteiger partial charge in [-0.15, -0.1) is 6.42 Å². The number of nitrogens with zero attached hydrogens (tertiary/aromatic N) is 3. The van der Waals surface area contributed by atoms with Gasteiger partial charge in [-0.05, 0) is 66.9 Å². The normalized spacial score (nSPS) is 12.3. The minimum absolute atomic E-state index is 0.103. The van der Waals surface area contributed by atoms with E-state index in [-0.39, 0.29) is 29.8 Å². The molecular formula is C30H29FN4O4S. The molecule has 1 heterocycles. The third-order valence-electron chi connectivity index (χ3n) is 6.65. The van der Waals surface area contributed by atoms with Crippen LogP contribution < -0.4 is 10.5 Å². The smallest absolute Gasteiger partial charge is 0.258 e. The first kappa shape index (κ1) is 28.7. The van der Waals surface area contributed by atoms with Gasteiger partial charge >= 0.3 is 0 Å². The Kier molecular flexibility index (Phi) is 8.18. The standard InChI is InChI=1S/C30H29FN4O4S/c1-6-15-35(18-22-17-25-26(16-19(22)2)32-20(3)33-30(25)37)27-10-8-7-9-24(27)28(36)29(40(38,39)34(4)5)21-11-13-23(31)14-12-21/h1,7-14,16-17,29H,15,18H2,2-5H3,(H,32,33,37). The maximum atomic E-state index is 14.1. The van der Waals surface area contributed by atoms with Gasteiger partial charge in [0.05, 0.1) is 17.4 Å². The minimum Gasteiger partial charge on any atom is -0.355 e. The van der Waals surface area contributed by atoms with Crippen LogP contribution in [0.15, 0.2) is 65.5 Å². The molecule has 8 nitrogen and oxygen atoms in total. The molecule has 0 aliphatic rings.